The summed E-state index contributed by atoms with van der Waals surface area (Å²) in [5, 5.41) is 0. The van der Waals surface area contributed by atoms with E-state index in [0.717, 1.165) is 0 Å². The van der Waals surface area contributed by atoms with E-state index >= 15 is 0 Å². The second-order valence-corrected chi connectivity index (χ2v) is 8.45. The average Bonchev–Trinajstić information content (AvgIpc) is 2.72. The Hall–Kier alpha value is -2.45. The zero-order valence-corrected chi connectivity index (χ0v) is 16.4. The summed E-state index contributed by atoms with van der Waals surface area (Å²) in [4.78, 5) is 14.2. The number of ether oxygens (including phenoxy) is 1. The summed E-state index contributed by atoms with van der Waals surface area (Å²) in [6.45, 7) is 1.21. The molecule has 1 amide bonds. The molecule has 1 aliphatic heterocycles. The first-order valence-electron chi connectivity index (χ1n) is 9.09. The number of methoxy groups -OCH3 is 1. The zero-order chi connectivity index (χ0) is 20.1. The highest BCUT2D eigenvalue weighted by Crippen LogP contribution is 2.24. The third kappa shape index (κ3) is 4.51. The van der Waals surface area contributed by atoms with Crippen LogP contribution in [0.2, 0.25) is 0 Å². The molecule has 1 N–H and O–H groups in total. The van der Waals surface area contributed by atoms with Crippen molar-refractivity contribution >= 4 is 15.9 Å². The standard InChI is InChI=1S/C20H23FN2O4S/c1-27-18-8-4-5-9-19(18)28(25,26)22-14-15-10-12-23(13-11-15)20(24)16-6-2-3-7-17(16)21/h2-9,15,22H,10-14H2,1H3. The maximum atomic E-state index is 13.8. The van der Waals surface area contributed by atoms with E-state index in [0.29, 0.717) is 31.7 Å². The van der Waals surface area contributed by atoms with Crippen molar-refractivity contribution in [3.8, 4) is 5.75 Å². The number of nitrogens with one attached hydrogen (secondary N) is 1. The molecule has 3 rings (SSSR count). The molecule has 2 aromatic rings. The Morgan fingerprint density at radius 1 is 1.14 bits per heavy atom. The smallest absolute Gasteiger partial charge is 0.256 e. The van der Waals surface area contributed by atoms with Crippen LogP contribution in [0, 0.1) is 11.7 Å². The van der Waals surface area contributed by atoms with Crippen LogP contribution >= 0.6 is 0 Å². The van der Waals surface area contributed by atoms with Crippen molar-refractivity contribution in [1.82, 2.24) is 9.62 Å². The van der Waals surface area contributed by atoms with Crippen LogP contribution in [0.4, 0.5) is 4.39 Å². The molecule has 1 saturated heterocycles. The van der Waals surface area contributed by atoms with Gasteiger partial charge in [0.1, 0.15) is 16.5 Å². The van der Waals surface area contributed by atoms with Crippen LogP contribution < -0.4 is 9.46 Å². The van der Waals surface area contributed by atoms with Crippen molar-refractivity contribution in [2.75, 3.05) is 26.7 Å². The number of hydrogen-bond donors (Lipinski definition) is 1. The number of likely N-dealkylation sites (tertiary alicyclic amines) is 1. The van der Waals surface area contributed by atoms with Gasteiger partial charge in [0.2, 0.25) is 10.0 Å². The van der Waals surface area contributed by atoms with Crippen molar-refractivity contribution in [2.24, 2.45) is 5.92 Å². The number of sulfonamides is 1. The molecule has 0 atom stereocenters. The normalized spacial score (nSPS) is 15.4. The number of piperidine rings is 1. The van der Waals surface area contributed by atoms with Crippen LogP contribution in [-0.2, 0) is 10.0 Å². The van der Waals surface area contributed by atoms with Gasteiger partial charge in [-0.1, -0.05) is 24.3 Å². The van der Waals surface area contributed by atoms with E-state index in [1.54, 1.807) is 35.2 Å². The molecule has 1 heterocycles. The lowest BCUT2D eigenvalue weighted by Crippen LogP contribution is -2.41. The molecule has 0 spiro atoms. The fraction of sp³-hybridized carbons (Fsp3) is 0.350. The van der Waals surface area contributed by atoms with E-state index in [4.69, 9.17) is 4.74 Å². The number of carbonyl (C=O) groups excluding carboxylic acids is 1. The maximum absolute atomic E-state index is 13.8. The number of carbonyl (C=O) groups is 1. The first kappa shape index (κ1) is 20.3. The van der Waals surface area contributed by atoms with Gasteiger partial charge in [-0.3, -0.25) is 4.79 Å². The van der Waals surface area contributed by atoms with Gasteiger partial charge >= 0.3 is 0 Å². The summed E-state index contributed by atoms with van der Waals surface area (Å²) >= 11 is 0. The van der Waals surface area contributed by atoms with Gasteiger partial charge in [0.25, 0.3) is 5.91 Å². The molecule has 1 fully saturated rings. The highest BCUT2D eigenvalue weighted by molar-refractivity contribution is 7.89. The summed E-state index contributed by atoms with van der Waals surface area (Å²) in [5.41, 5.74) is 0.0674. The number of rotatable bonds is 6. The lowest BCUT2D eigenvalue weighted by atomic mass is 9.96. The summed E-state index contributed by atoms with van der Waals surface area (Å²) in [6, 6.07) is 12.4. The Kier molecular flexibility index (Phi) is 6.31. The van der Waals surface area contributed by atoms with Crippen molar-refractivity contribution in [1.29, 1.82) is 0 Å². The summed E-state index contributed by atoms with van der Waals surface area (Å²) in [6.07, 6.45) is 1.29. The van der Waals surface area contributed by atoms with Crippen molar-refractivity contribution in [3.63, 3.8) is 0 Å². The Bertz CT molecular complexity index is 941. The van der Waals surface area contributed by atoms with E-state index < -0.39 is 15.8 Å². The number of nitrogens with zero attached hydrogens (tertiary/aromatic N) is 1. The number of para-hydroxylation sites is 1. The predicted octanol–water partition coefficient (Wildman–Crippen LogP) is 2.67. The van der Waals surface area contributed by atoms with Gasteiger partial charge in [0, 0.05) is 19.6 Å². The minimum Gasteiger partial charge on any atom is -0.495 e. The third-order valence-corrected chi connectivity index (χ3v) is 6.39. The molecule has 0 saturated carbocycles. The monoisotopic (exact) mass is 406 g/mol. The highest BCUT2D eigenvalue weighted by Gasteiger charge is 2.27. The van der Waals surface area contributed by atoms with E-state index in [1.807, 2.05) is 0 Å². The molecule has 0 bridgehead atoms. The molecule has 1 aliphatic rings. The number of hydrogen-bond acceptors (Lipinski definition) is 4. The number of halogens is 1. The third-order valence-electron chi connectivity index (χ3n) is 4.93. The van der Waals surface area contributed by atoms with Gasteiger partial charge in [0.05, 0.1) is 12.7 Å². The number of amides is 1. The van der Waals surface area contributed by atoms with Crippen LogP contribution in [0.3, 0.4) is 0 Å². The minimum absolute atomic E-state index is 0.0674. The van der Waals surface area contributed by atoms with Crippen LogP contribution in [0.1, 0.15) is 23.2 Å². The highest BCUT2D eigenvalue weighted by atomic mass is 32.2. The summed E-state index contributed by atoms with van der Waals surface area (Å²) in [5.74, 6) is -0.459. The molecule has 0 unspecified atom stereocenters. The molecule has 150 valence electrons. The Labute approximate surface area is 164 Å². The molecular weight excluding hydrogens is 383 g/mol. The van der Waals surface area contributed by atoms with E-state index in [2.05, 4.69) is 4.72 Å². The van der Waals surface area contributed by atoms with Gasteiger partial charge < -0.3 is 9.64 Å². The average molecular weight is 406 g/mol. The molecule has 0 aliphatic carbocycles. The molecular formula is C20H23FN2O4S. The lowest BCUT2D eigenvalue weighted by molar-refractivity contribution is 0.0687. The molecule has 28 heavy (non-hydrogen) atoms. The van der Waals surface area contributed by atoms with Crippen molar-refractivity contribution < 1.29 is 22.3 Å². The van der Waals surface area contributed by atoms with E-state index in [1.165, 1.54) is 25.3 Å². The maximum Gasteiger partial charge on any atom is 0.256 e. The van der Waals surface area contributed by atoms with Gasteiger partial charge in [0.15, 0.2) is 0 Å². The second-order valence-electron chi connectivity index (χ2n) is 6.72. The first-order chi connectivity index (χ1) is 13.4. The van der Waals surface area contributed by atoms with Crippen molar-refractivity contribution in [3.05, 3.63) is 59.9 Å². The predicted molar refractivity (Wildman–Crippen MR) is 103 cm³/mol. The van der Waals surface area contributed by atoms with Gasteiger partial charge in [-0.15, -0.1) is 0 Å². The largest absolute Gasteiger partial charge is 0.495 e. The first-order valence-corrected chi connectivity index (χ1v) is 10.6. The lowest BCUT2D eigenvalue weighted by Gasteiger charge is -2.32. The Morgan fingerprint density at radius 3 is 2.46 bits per heavy atom. The Balaban J connectivity index is 1.56. The molecule has 8 heteroatoms. The fourth-order valence-electron chi connectivity index (χ4n) is 3.29. The van der Waals surface area contributed by atoms with E-state index in [9.17, 15) is 17.6 Å². The van der Waals surface area contributed by atoms with Crippen LogP contribution in [-0.4, -0.2) is 46.0 Å². The van der Waals surface area contributed by atoms with Crippen LogP contribution in [0.15, 0.2) is 53.4 Å². The summed E-state index contributed by atoms with van der Waals surface area (Å²) in [7, 11) is -2.26. The second kappa shape index (κ2) is 8.70. The Morgan fingerprint density at radius 2 is 1.79 bits per heavy atom. The van der Waals surface area contributed by atoms with Crippen molar-refractivity contribution in [2.45, 2.75) is 17.7 Å². The molecule has 0 radical (unpaired) electrons. The SMILES string of the molecule is COc1ccccc1S(=O)(=O)NCC1CCN(C(=O)c2ccccc2F)CC1. The van der Waals surface area contributed by atoms with Gasteiger partial charge in [-0.05, 0) is 43.0 Å². The minimum atomic E-state index is -3.69. The van der Waals surface area contributed by atoms with Gasteiger partial charge in [-0.2, -0.15) is 0 Å². The zero-order valence-electron chi connectivity index (χ0n) is 15.6. The summed E-state index contributed by atoms with van der Waals surface area (Å²) < 4.78 is 46.7. The van der Waals surface area contributed by atoms with E-state index in [-0.39, 0.29) is 28.8 Å². The number of benzene rings is 2. The topological polar surface area (TPSA) is 75.7 Å². The van der Waals surface area contributed by atoms with Gasteiger partial charge in [-0.25, -0.2) is 17.5 Å². The molecule has 2 aromatic carbocycles. The van der Waals surface area contributed by atoms with Crippen LogP contribution in [0.5, 0.6) is 5.75 Å². The van der Waals surface area contributed by atoms with Crippen LogP contribution in [0.25, 0.3) is 0 Å². The molecule has 0 aromatic heterocycles. The fourth-order valence-corrected chi connectivity index (χ4v) is 4.58. The quantitative estimate of drug-likeness (QED) is 0.800. The molecule has 6 nitrogen and oxygen atoms in total.